The summed E-state index contributed by atoms with van der Waals surface area (Å²) in [7, 11) is 0. The zero-order valence-corrected chi connectivity index (χ0v) is 17.5. The number of rotatable bonds is 5. The molecule has 1 aliphatic heterocycles. The van der Waals surface area contributed by atoms with Gasteiger partial charge in [0.15, 0.2) is 5.13 Å². The minimum Gasteiger partial charge on any atom is -0.444 e. The Kier molecular flexibility index (Phi) is 6.51. The average Bonchev–Trinajstić information content (AvgIpc) is 3.01. The number of alkyl carbamates (subject to hydrolysis) is 1. The standard InChI is InChI=1S/C20H28N4O3S/c1-20(2,3)27-19(26)21-11-14-7-6-10-24(12-14)13-17(25)23-18-22-15-8-4-5-9-16(15)28-18/h4-5,8-9,14H,6-7,10-13H2,1-3H3,(H,21,26)(H,22,23,25). The maximum Gasteiger partial charge on any atom is 0.407 e. The van der Waals surface area contributed by atoms with E-state index in [1.165, 1.54) is 11.3 Å². The summed E-state index contributed by atoms with van der Waals surface area (Å²) in [4.78, 5) is 30.8. The molecule has 28 heavy (non-hydrogen) atoms. The first-order valence-electron chi connectivity index (χ1n) is 9.63. The normalized spacial score (nSPS) is 18.0. The highest BCUT2D eigenvalue weighted by Crippen LogP contribution is 2.25. The Hall–Kier alpha value is -2.19. The molecular formula is C20H28N4O3S. The van der Waals surface area contributed by atoms with E-state index >= 15 is 0 Å². The molecule has 0 saturated carbocycles. The van der Waals surface area contributed by atoms with Gasteiger partial charge in [-0.15, -0.1) is 0 Å². The maximum absolute atomic E-state index is 12.4. The molecule has 152 valence electrons. The molecule has 2 aromatic rings. The number of hydrogen-bond donors (Lipinski definition) is 2. The topological polar surface area (TPSA) is 83.6 Å². The van der Waals surface area contributed by atoms with Gasteiger partial charge in [-0.2, -0.15) is 0 Å². The minimum absolute atomic E-state index is 0.0557. The second kappa shape index (κ2) is 8.87. The molecule has 0 radical (unpaired) electrons. The molecule has 1 unspecified atom stereocenters. The summed E-state index contributed by atoms with van der Waals surface area (Å²) >= 11 is 1.48. The summed E-state index contributed by atoms with van der Waals surface area (Å²) in [5.74, 6) is 0.260. The Morgan fingerprint density at radius 1 is 1.32 bits per heavy atom. The molecule has 1 aromatic carbocycles. The van der Waals surface area contributed by atoms with E-state index in [9.17, 15) is 9.59 Å². The van der Waals surface area contributed by atoms with Crippen LogP contribution in [0.2, 0.25) is 0 Å². The third-order valence-electron chi connectivity index (χ3n) is 4.44. The number of amides is 2. The van der Waals surface area contributed by atoms with Crippen molar-refractivity contribution in [1.29, 1.82) is 0 Å². The number of likely N-dealkylation sites (tertiary alicyclic amines) is 1. The Labute approximate surface area is 169 Å². The highest BCUT2D eigenvalue weighted by molar-refractivity contribution is 7.22. The molecule has 2 heterocycles. The van der Waals surface area contributed by atoms with Crippen LogP contribution in [0, 0.1) is 5.92 Å². The summed E-state index contributed by atoms with van der Waals surface area (Å²) in [6.45, 7) is 8.10. The van der Waals surface area contributed by atoms with Crippen LogP contribution in [0.4, 0.5) is 9.93 Å². The number of anilines is 1. The van der Waals surface area contributed by atoms with Gasteiger partial charge in [0.25, 0.3) is 0 Å². The van der Waals surface area contributed by atoms with Crippen LogP contribution in [0.3, 0.4) is 0 Å². The SMILES string of the molecule is CC(C)(C)OC(=O)NCC1CCCN(CC(=O)Nc2nc3ccccc3s2)C1. The van der Waals surface area contributed by atoms with Crippen molar-refractivity contribution in [3.63, 3.8) is 0 Å². The van der Waals surface area contributed by atoms with Gasteiger partial charge in [-0.3, -0.25) is 9.69 Å². The predicted molar refractivity (Wildman–Crippen MR) is 112 cm³/mol. The highest BCUT2D eigenvalue weighted by atomic mass is 32.1. The zero-order chi connectivity index (χ0) is 20.1. The van der Waals surface area contributed by atoms with Crippen LogP contribution >= 0.6 is 11.3 Å². The lowest BCUT2D eigenvalue weighted by atomic mass is 9.98. The fraction of sp³-hybridized carbons (Fsp3) is 0.550. The zero-order valence-electron chi connectivity index (χ0n) is 16.7. The summed E-state index contributed by atoms with van der Waals surface area (Å²) in [5, 5.41) is 6.38. The highest BCUT2D eigenvalue weighted by Gasteiger charge is 2.23. The van der Waals surface area contributed by atoms with Crippen molar-refractivity contribution in [1.82, 2.24) is 15.2 Å². The third kappa shape index (κ3) is 6.17. The smallest absolute Gasteiger partial charge is 0.407 e. The van der Waals surface area contributed by atoms with Crippen LogP contribution in [0.1, 0.15) is 33.6 Å². The lowest BCUT2D eigenvalue weighted by Gasteiger charge is -2.32. The van der Waals surface area contributed by atoms with Crippen molar-refractivity contribution >= 4 is 38.7 Å². The van der Waals surface area contributed by atoms with Crippen molar-refractivity contribution in [2.75, 3.05) is 31.5 Å². The average molecular weight is 405 g/mol. The number of benzene rings is 1. The summed E-state index contributed by atoms with van der Waals surface area (Å²) < 4.78 is 6.34. The van der Waals surface area contributed by atoms with Crippen molar-refractivity contribution < 1.29 is 14.3 Å². The Bertz CT molecular complexity index is 797. The summed E-state index contributed by atoms with van der Waals surface area (Å²) in [6.07, 6.45) is 1.65. The molecule has 1 fully saturated rings. The molecule has 2 N–H and O–H groups in total. The number of piperidine rings is 1. The number of thiazole rings is 1. The lowest BCUT2D eigenvalue weighted by Crippen LogP contribution is -2.44. The molecule has 0 bridgehead atoms. The van der Waals surface area contributed by atoms with Crippen LogP contribution in [0.5, 0.6) is 0 Å². The lowest BCUT2D eigenvalue weighted by molar-refractivity contribution is -0.117. The Balaban J connectivity index is 1.45. The second-order valence-corrected chi connectivity index (χ2v) is 9.19. The first kappa shape index (κ1) is 20.5. The van der Waals surface area contributed by atoms with Gasteiger partial charge >= 0.3 is 6.09 Å². The van der Waals surface area contributed by atoms with E-state index in [2.05, 4.69) is 20.5 Å². The van der Waals surface area contributed by atoms with E-state index in [0.29, 0.717) is 24.1 Å². The van der Waals surface area contributed by atoms with Gasteiger partial charge in [-0.1, -0.05) is 23.5 Å². The Morgan fingerprint density at radius 3 is 2.86 bits per heavy atom. The van der Waals surface area contributed by atoms with Crippen LogP contribution in [0.15, 0.2) is 24.3 Å². The molecule has 8 heteroatoms. The number of carbonyl (C=O) groups excluding carboxylic acids is 2. The van der Waals surface area contributed by atoms with Crippen LogP contribution in [-0.2, 0) is 9.53 Å². The van der Waals surface area contributed by atoms with E-state index in [1.807, 2.05) is 45.0 Å². The molecule has 1 aromatic heterocycles. The van der Waals surface area contributed by atoms with Crippen molar-refractivity contribution in [3.8, 4) is 0 Å². The van der Waals surface area contributed by atoms with Crippen molar-refractivity contribution in [2.24, 2.45) is 5.92 Å². The molecule has 7 nitrogen and oxygen atoms in total. The molecule has 1 aliphatic rings. The molecule has 3 rings (SSSR count). The number of carbonyl (C=O) groups is 2. The van der Waals surface area contributed by atoms with Crippen molar-refractivity contribution in [3.05, 3.63) is 24.3 Å². The third-order valence-corrected chi connectivity index (χ3v) is 5.40. The number of fused-ring (bicyclic) bond motifs is 1. The maximum atomic E-state index is 12.4. The van der Waals surface area contributed by atoms with Crippen LogP contribution in [0.25, 0.3) is 10.2 Å². The number of nitrogens with one attached hydrogen (secondary N) is 2. The van der Waals surface area contributed by atoms with Crippen molar-refractivity contribution in [2.45, 2.75) is 39.2 Å². The van der Waals surface area contributed by atoms with Gasteiger partial charge < -0.3 is 15.4 Å². The molecule has 1 saturated heterocycles. The van der Waals surface area contributed by atoms with E-state index in [0.717, 1.165) is 36.1 Å². The number of aromatic nitrogens is 1. The van der Waals surface area contributed by atoms with Crippen LogP contribution < -0.4 is 10.6 Å². The van der Waals surface area contributed by atoms with Crippen LogP contribution in [-0.4, -0.2) is 53.7 Å². The molecule has 0 aliphatic carbocycles. The number of para-hydroxylation sites is 1. The largest absolute Gasteiger partial charge is 0.444 e. The minimum atomic E-state index is -0.499. The first-order valence-corrected chi connectivity index (χ1v) is 10.4. The van der Waals surface area contributed by atoms with Gasteiger partial charge in [0.05, 0.1) is 16.8 Å². The molecule has 0 spiro atoms. The van der Waals surface area contributed by atoms with Gasteiger partial charge in [0, 0.05) is 13.1 Å². The van der Waals surface area contributed by atoms with Gasteiger partial charge in [0.2, 0.25) is 5.91 Å². The number of hydrogen-bond acceptors (Lipinski definition) is 6. The Morgan fingerprint density at radius 2 is 2.11 bits per heavy atom. The van der Waals surface area contributed by atoms with E-state index in [1.54, 1.807) is 0 Å². The summed E-state index contributed by atoms with van der Waals surface area (Å²) in [6, 6.07) is 7.84. The van der Waals surface area contributed by atoms with Gasteiger partial charge in [-0.25, -0.2) is 9.78 Å². The molecule has 1 atom stereocenters. The predicted octanol–water partition coefficient (Wildman–Crippen LogP) is 3.47. The number of nitrogens with zero attached hydrogens (tertiary/aromatic N) is 2. The second-order valence-electron chi connectivity index (χ2n) is 8.16. The fourth-order valence-corrected chi connectivity index (χ4v) is 4.17. The van der Waals surface area contributed by atoms with E-state index < -0.39 is 11.7 Å². The first-order chi connectivity index (χ1) is 13.3. The van der Waals surface area contributed by atoms with E-state index in [4.69, 9.17) is 4.74 Å². The number of ether oxygens (including phenoxy) is 1. The summed E-state index contributed by atoms with van der Waals surface area (Å²) in [5.41, 5.74) is 0.399. The van der Waals surface area contributed by atoms with Gasteiger partial charge in [-0.05, 0) is 58.2 Å². The molecule has 2 amide bonds. The quantitative estimate of drug-likeness (QED) is 0.797. The monoisotopic (exact) mass is 404 g/mol. The van der Waals surface area contributed by atoms with Gasteiger partial charge in [0.1, 0.15) is 5.60 Å². The molecular weight excluding hydrogens is 376 g/mol. The fourth-order valence-electron chi connectivity index (χ4n) is 3.29. The van der Waals surface area contributed by atoms with E-state index in [-0.39, 0.29) is 5.91 Å².